The van der Waals surface area contributed by atoms with Gasteiger partial charge in [0.2, 0.25) is 0 Å². The fourth-order valence-corrected chi connectivity index (χ4v) is 2.24. The summed E-state index contributed by atoms with van der Waals surface area (Å²) >= 11 is 0. The molecule has 0 fully saturated rings. The molecule has 1 aliphatic rings. The summed E-state index contributed by atoms with van der Waals surface area (Å²) < 4.78 is 44.0. The van der Waals surface area contributed by atoms with Gasteiger partial charge in [0.15, 0.2) is 5.78 Å². The Bertz CT molecular complexity index is 697. The normalized spacial score (nSPS) is 17.3. The molecule has 0 aliphatic heterocycles. The van der Waals surface area contributed by atoms with Crippen molar-refractivity contribution in [2.75, 3.05) is 0 Å². The van der Waals surface area contributed by atoms with Crippen LogP contribution in [0, 0.1) is 0 Å². The predicted molar refractivity (Wildman–Crippen MR) is 73.5 cm³/mol. The fourth-order valence-electron chi connectivity index (χ4n) is 2.24. The monoisotopic (exact) mass is 310 g/mol. The minimum Gasteiger partial charge on any atom is -0.426 e. The van der Waals surface area contributed by atoms with E-state index < -0.39 is 17.7 Å². The van der Waals surface area contributed by atoms with Gasteiger partial charge in [-0.3, -0.25) is 9.59 Å². The maximum atomic E-state index is 13.0. The van der Waals surface area contributed by atoms with Crippen molar-refractivity contribution in [3.8, 4) is 0 Å². The largest absolute Gasteiger partial charge is 0.426 e. The van der Waals surface area contributed by atoms with E-state index in [-0.39, 0.29) is 29.1 Å². The molecule has 1 aromatic rings. The third-order valence-corrected chi connectivity index (χ3v) is 3.17. The zero-order valence-corrected chi connectivity index (χ0v) is 12.0. The Balaban J connectivity index is 2.53. The van der Waals surface area contributed by atoms with Crippen LogP contribution in [-0.4, -0.2) is 11.8 Å². The molecule has 0 spiro atoms. The van der Waals surface area contributed by atoms with Crippen LogP contribution < -0.4 is 0 Å². The standard InChI is InChI=1S/C16H13F3O3/c1-9-7-14(21)12(15(9)22-10(2)20)8-11-5-3-4-6-13(11)16(17,18)19/h3-6,8H,7H2,1-2H3/b12-8-. The number of allylic oxidation sites excluding steroid dienone is 2. The van der Waals surface area contributed by atoms with E-state index in [2.05, 4.69) is 0 Å². The lowest BCUT2D eigenvalue weighted by atomic mass is 10.0. The molecule has 0 radical (unpaired) electrons. The number of carbonyl (C=O) groups is 2. The SMILES string of the molecule is CC(=O)OC1=C(C)CC(=O)/C1=C/c1ccccc1C(F)(F)F. The van der Waals surface area contributed by atoms with Gasteiger partial charge in [-0.15, -0.1) is 0 Å². The van der Waals surface area contributed by atoms with E-state index in [9.17, 15) is 22.8 Å². The van der Waals surface area contributed by atoms with E-state index in [1.54, 1.807) is 6.92 Å². The molecule has 0 saturated carbocycles. The highest BCUT2D eigenvalue weighted by Gasteiger charge is 2.34. The number of alkyl halides is 3. The number of halogens is 3. The lowest BCUT2D eigenvalue weighted by Gasteiger charge is -2.11. The highest BCUT2D eigenvalue weighted by Crippen LogP contribution is 2.36. The molecule has 3 nitrogen and oxygen atoms in total. The summed E-state index contributed by atoms with van der Waals surface area (Å²) in [6.07, 6.45) is -3.38. The molecular weight excluding hydrogens is 297 g/mol. The second-order valence-corrected chi connectivity index (χ2v) is 4.95. The van der Waals surface area contributed by atoms with Crippen LogP contribution in [0.15, 0.2) is 41.2 Å². The quantitative estimate of drug-likeness (QED) is 0.614. The van der Waals surface area contributed by atoms with Gasteiger partial charge in [0, 0.05) is 13.3 Å². The number of hydrogen-bond acceptors (Lipinski definition) is 3. The number of ketones is 1. The first-order valence-corrected chi connectivity index (χ1v) is 6.50. The van der Waals surface area contributed by atoms with Crippen molar-refractivity contribution in [2.24, 2.45) is 0 Å². The molecule has 1 aromatic carbocycles. The molecule has 0 amide bonds. The molecule has 0 aromatic heterocycles. The van der Waals surface area contributed by atoms with Crippen molar-refractivity contribution in [3.63, 3.8) is 0 Å². The van der Waals surface area contributed by atoms with Gasteiger partial charge in [0.1, 0.15) is 5.76 Å². The number of esters is 1. The van der Waals surface area contributed by atoms with Crippen LogP contribution in [0.4, 0.5) is 13.2 Å². The van der Waals surface area contributed by atoms with E-state index in [4.69, 9.17) is 4.74 Å². The van der Waals surface area contributed by atoms with Crippen molar-refractivity contribution in [1.29, 1.82) is 0 Å². The molecule has 0 saturated heterocycles. The van der Waals surface area contributed by atoms with E-state index in [1.807, 2.05) is 0 Å². The minimum absolute atomic E-state index is 0.00981. The van der Waals surface area contributed by atoms with E-state index in [0.29, 0.717) is 5.57 Å². The number of carbonyl (C=O) groups excluding carboxylic acids is 2. The lowest BCUT2D eigenvalue weighted by molar-refractivity contribution is -0.138. The van der Waals surface area contributed by atoms with Gasteiger partial charge in [-0.1, -0.05) is 18.2 Å². The molecule has 6 heteroatoms. The molecule has 0 unspecified atom stereocenters. The molecule has 0 N–H and O–H groups in total. The second-order valence-electron chi connectivity index (χ2n) is 4.95. The van der Waals surface area contributed by atoms with Crippen molar-refractivity contribution in [2.45, 2.75) is 26.4 Å². The highest BCUT2D eigenvalue weighted by molar-refractivity contribution is 6.08. The Morgan fingerprint density at radius 2 is 1.91 bits per heavy atom. The fraction of sp³-hybridized carbons (Fsp3) is 0.250. The topological polar surface area (TPSA) is 43.4 Å². The van der Waals surface area contributed by atoms with Gasteiger partial charge in [-0.05, 0) is 30.2 Å². The average Bonchev–Trinajstić information content (AvgIpc) is 2.65. The molecule has 0 heterocycles. The first kappa shape index (κ1) is 16.0. The summed E-state index contributed by atoms with van der Waals surface area (Å²) in [6, 6.07) is 4.93. The predicted octanol–water partition coefficient (Wildman–Crippen LogP) is 3.90. The van der Waals surface area contributed by atoms with Crippen molar-refractivity contribution in [3.05, 3.63) is 52.3 Å². The highest BCUT2D eigenvalue weighted by atomic mass is 19.4. The Morgan fingerprint density at radius 3 is 2.50 bits per heavy atom. The summed E-state index contributed by atoms with van der Waals surface area (Å²) in [7, 11) is 0. The summed E-state index contributed by atoms with van der Waals surface area (Å²) in [4.78, 5) is 23.1. The number of Topliss-reactive ketones (excluding diaryl/α,β-unsaturated/α-hetero) is 1. The molecule has 116 valence electrons. The minimum atomic E-state index is -4.53. The van der Waals surface area contributed by atoms with E-state index in [1.165, 1.54) is 25.1 Å². The number of benzene rings is 1. The molecule has 22 heavy (non-hydrogen) atoms. The van der Waals surface area contributed by atoms with E-state index >= 15 is 0 Å². The van der Waals surface area contributed by atoms with Crippen LogP contribution >= 0.6 is 0 Å². The number of ether oxygens (including phenoxy) is 1. The van der Waals surface area contributed by atoms with Gasteiger partial charge < -0.3 is 4.74 Å². The summed E-state index contributed by atoms with van der Waals surface area (Å²) in [5.41, 5.74) is -0.472. The van der Waals surface area contributed by atoms with Crippen LogP contribution in [0.25, 0.3) is 6.08 Å². The van der Waals surface area contributed by atoms with Crippen molar-refractivity contribution >= 4 is 17.8 Å². The van der Waals surface area contributed by atoms with Gasteiger partial charge in [0.25, 0.3) is 0 Å². The van der Waals surface area contributed by atoms with Crippen LogP contribution in [0.1, 0.15) is 31.4 Å². The first-order chi connectivity index (χ1) is 10.2. The summed E-state index contributed by atoms with van der Waals surface area (Å²) in [5, 5.41) is 0. The Kier molecular flexibility index (Phi) is 4.21. The van der Waals surface area contributed by atoms with Gasteiger partial charge in [0.05, 0.1) is 11.1 Å². The van der Waals surface area contributed by atoms with Crippen LogP contribution in [0.2, 0.25) is 0 Å². The second kappa shape index (κ2) is 5.79. The average molecular weight is 310 g/mol. The maximum absolute atomic E-state index is 13.0. The van der Waals surface area contributed by atoms with Crippen LogP contribution in [0.5, 0.6) is 0 Å². The molecule has 0 atom stereocenters. The third kappa shape index (κ3) is 3.27. The number of hydrogen-bond donors (Lipinski definition) is 0. The summed E-state index contributed by atoms with van der Waals surface area (Å²) in [5.74, 6) is -0.945. The Morgan fingerprint density at radius 1 is 1.27 bits per heavy atom. The van der Waals surface area contributed by atoms with Crippen molar-refractivity contribution < 1.29 is 27.5 Å². The van der Waals surface area contributed by atoms with Gasteiger partial charge in [-0.2, -0.15) is 13.2 Å². The first-order valence-electron chi connectivity index (χ1n) is 6.50. The van der Waals surface area contributed by atoms with E-state index in [0.717, 1.165) is 12.1 Å². The maximum Gasteiger partial charge on any atom is 0.416 e. The van der Waals surface area contributed by atoms with Gasteiger partial charge >= 0.3 is 12.1 Å². The molecule has 0 bridgehead atoms. The van der Waals surface area contributed by atoms with Crippen molar-refractivity contribution in [1.82, 2.24) is 0 Å². The van der Waals surface area contributed by atoms with Crippen LogP contribution in [0.3, 0.4) is 0 Å². The Labute approximate surface area is 125 Å². The third-order valence-electron chi connectivity index (χ3n) is 3.17. The zero-order chi connectivity index (χ0) is 16.5. The smallest absolute Gasteiger partial charge is 0.416 e. The molecular formula is C16H13F3O3. The number of rotatable bonds is 2. The molecule has 1 aliphatic carbocycles. The zero-order valence-electron chi connectivity index (χ0n) is 12.0. The molecule has 2 rings (SSSR count). The van der Waals surface area contributed by atoms with Gasteiger partial charge in [-0.25, -0.2) is 0 Å². The Hall–Kier alpha value is -2.37. The summed E-state index contributed by atoms with van der Waals surface area (Å²) in [6.45, 7) is 2.77. The van der Waals surface area contributed by atoms with Crippen LogP contribution in [-0.2, 0) is 20.5 Å². The lowest BCUT2D eigenvalue weighted by Crippen LogP contribution is -2.08.